The minimum absolute atomic E-state index is 0.113. The van der Waals surface area contributed by atoms with Gasteiger partial charge >= 0.3 is 0 Å². The number of fused-ring (bicyclic) bond motifs is 1. The predicted octanol–water partition coefficient (Wildman–Crippen LogP) is 3.14. The summed E-state index contributed by atoms with van der Waals surface area (Å²) in [5, 5.41) is 0. The summed E-state index contributed by atoms with van der Waals surface area (Å²) in [6.45, 7) is 3.97. The van der Waals surface area contributed by atoms with Crippen molar-refractivity contribution >= 4 is 11.6 Å². The molecule has 1 amide bonds. The fourth-order valence-electron chi connectivity index (χ4n) is 2.66. The maximum absolute atomic E-state index is 12.2. The van der Waals surface area contributed by atoms with Gasteiger partial charge in [0, 0.05) is 11.1 Å². The Bertz CT molecular complexity index is 732. The van der Waals surface area contributed by atoms with Crippen LogP contribution in [0.5, 0.6) is 0 Å². The van der Waals surface area contributed by atoms with Crippen LogP contribution in [-0.2, 0) is 6.42 Å². The SMILES string of the molecule is Cc1ccc(C(=O)NNC2=CCc3ccccc32)c(C)c1. The van der Waals surface area contributed by atoms with Crippen molar-refractivity contribution in [1.82, 2.24) is 10.9 Å². The van der Waals surface area contributed by atoms with Crippen molar-refractivity contribution in [3.8, 4) is 0 Å². The topological polar surface area (TPSA) is 41.1 Å². The van der Waals surface area contributed by atoms with Gasteiger partial charge in [0.1, 0.15) is 0 Å². The number of carbonyl (C=O) groups is 1. The molecule has 0 saturated heterocycles. The third-order valence-corrected chi connectivity index (χ3v) is 3.77. The Balaban J connectivity index is 1.70. The van der Waals surface area contributed by atoms with Gasteiger partial charge in [-0.2, -0.15) is 0 Å². The van der Waals surface area contributed by atoms with Gasteiger partial charge < -0.3 is 0 Å². The molecule has 106 valence electrons. The van der Waals surface area contributed by atoms with Gasteiger partial charge in [-0.15, -0.1) is 0 Å². The average molecular weight is 278 g/mol. The van der Waals surface area contributed by atoms with Crippen molar-refractivity contribution in [2.75, 3.05) is 0 Å². The first-order valence-corrected chi connectivity index (χ1v) is 7.07. The summed E-state index contributed by atoms with van der Waals surface area (Å²) >= 11 is 0. The molecule has 0 fully saturated rings. The highest BCUT2D eigenvalue weighted by atomic mass is 16.2. The van der Waals surface area contributed by atoms with Crippen LogP contribution < -0.4 is 10.9 Å². The number of rotatable bonds is 3. The van der Waals surface area contributed by atoms with Crippen molar-refractivity contribution in [3.63, 3.8) is 0 Å². The third kappa shape index (κ3) is 2.68. The van der Waals surface area contributed by atoms with Gasteiger partial charge in [-0.05, 0) is 37.5 Å². The van der Waals surface area contributed by atoms with Crippen LogP contribution in [0.3, 0.4) is 0 Å². The molecule has 0 spiro atoms. The van der Waals surface area contributed by atoms with E-state index in [1.165, 1.54) is 5.56 Å². The minimum Gasteiger partial charge on any atom is -0.298 e. The zero-order valence-electron chi connectivity index (χ0n) is 12.2. The number of hydrogen-bond donors (Lipinski definition) is 2. The van der Waals surface area contributed by atoms with Gasteiger partial charge in [0.25, 0.3) is 5.91 Å². The summed E-state index contributed by atoms with van der Waals surface area (Å²) in [6.07, 6.45) is 2.99. The number of nitrogens with one attached hydrogen (secondary N) is 2. The van der Waals surface area contributed by atoms with Gasteiger partial charge in [0.15, 0.2) is 0 Å². The van der Waals surface area contributed by atoms with E-state index in [-0.39, 0.29) is 5.91 Å². The molecule has 0 aliphatic heterocycles. The summed E-state index contributed by atoms with van der Waals surface area (Å²) in [6, 6.07) is 14.0. The van der Waals surface area contributed by atoms with Crippen molar-refractivity contribution < 1.29 is 4.79 Å². The van der Waals surface area contributed by atoms with Crippen LogP contribution in [0, 0.1) is 13.8 Å². The van der Waals surface area contributed by atoms with Crippen LogP contribution in [-0.4, -0.2) is 5.91 Å². The monoisotopic (exact) mass is 278 g/mol. The Morgan fingerprint density at radius 2 is 1.90 bits per heavy atom. The van der Waals surface area contributed by atoms with Crippen LogP contribution in [0.15, 0.2) is 48.5 Å². The molecule has 0 bridgehead atoms. The molecule has 0 saturated carbocycles. The van der Waals surface area contributed by atoms with E-state index in [4.69, 9.17) is 0 Å². The van der Waals surface area contributed by atoms with Crippen molar-refractivity contribution in [1.29, 1.82) is 0 Å². The highest BCUT2D eigenvalue weighted by Crippen LogP contribution is 2.24. The molecule has 2 aromatic carbocycles. The highest BCUT2D eigenvalue weighted by molar-refractivity contribution is 5.96. The number of carbonyl (C=O) groups excluding carboxylic acids is 1. The summed E-state index contributed by atoms with van der Waals surface area (Å²) in [5.74, 6) is -0.113. The first-order valence-electron chi connectivity index (χ1n) is 7.07. The van der Waals surface area contributed by atoms with Crippen molar-refractivity contribution in [2.24, 2.45) is 0 Å². The Hall–Kier alpha value is -2.55. The van der Waals surface area contributed by atoms with Crippen molar-refractivity contribution in [3.05, 3.63) is 76.4 Å². The molecule has 3 rings (SSSR count). The smallest absolute Gasteiger partial charge is 0.269 e. The normalized spacial score (nSPS) is 12.6. The largest absolute Gasteiger partial charge is 0.298 e. The Kier molecular flexibility index (Phi) is 3.48. The summed E-state index contributed by atoms with van der Waals surface area (Å²) < 4.78 is 0. The molecule has 2 N–H and O–H groups in total. The average Bonchev–Trinajstić information content (AvgIpc) is 2.88. The maximum Gasteiger partial charge on any atom is 0.269 e. The molecular formula is C18H18N2O. The maximum atomic E-state index is 12.2. The first-order chi connectivity index (χ1) is 10.1. The second-order valence-corrected chi connectivity index (χ2v) is 5.38. The number of allylic oxidation sites excluding steroid dienone is 1. The van der Waals surface area contributed by atoms with Crippen LogP contribution in [0.1, 0.15) is 32.6 Å². The summed E-state index contributed by atoms with van der Waals surface area (Å²) in [5.41, 5.74) is 12.0. The molecule has 2 aromatic rings. The second kappa shape index (κ2) is 5.44. The van der Waals surface area contributed by atoms with Crippen LogP contribution in [0.2, 0.25) is 0 Å². The van der Waals surface area contributed by atoms with E-state index < -0.39 is 0 Å². The zero-order valence-corrected chi connectivity index (χ0v) is 12.2. The molecule has 0 aromatic heterocycles. The Labute approximate surface area is 124 Å². The Morgan fingerprint density at radius 3 is 2.71 bits per heavy atom. The van der Waals surface area contributed by atoms with Crippen LogP contribution >= 0.6 is 0 Å². The number of aryl methyl sites for hydroxylation is 2. The van der Waals surface area contributed by atoms with E-state index in [0.717, 1.165) is 28.8 Å². The standard InChI is InChI=1S/C18H18N2O/c1-12-7-9-15(13(2)11-12)18(21)20-19-17-10-8-14-5-3-4-6-16(14)17/h3-7,9-11,19H,8H2,1-2H3,(H,20,21). The lowest BCUT2D eigenvalue weighted by atomic mass is 10.1. The predicted molar refractivity (Wildman–Crippen MR) is 84.6 cm³/mol. The van der Waals surface area contributed by atoms with E-state index in [1.54, 1.807) is 0 Å². The van der Waals surface area contributed by atoms with Gasteiger partial charge in [-0.3, -0.25) is 15.6 Å². The van der Waals surface area contributed by atoms with E-state index in [0.29, 0.717) is 5.56 Å². The van der Waals surface area contributed by atoms with Crippen molar-refractivity contribution in [2.45, 2.75) is 20.3 Å². The molecule has 0 radical (unpaired) electrons. The van der Waals surface area contributed by atoms with Gasteiger partial charge in [0.05, 0.1) is 5.70 Å². The van der Waals surface area contributed by atoms with Gasteiger partial charge in [-0.25, -0.2) is 0 Å². The summed E-state index contributed by atoms with van der Waals surface area (Å²) in [4.78, 5) is 12.2. The second-order valence-electron chi connectivity index (χ2n) is 5.38. The quantitative estimate of drug-likeness (QED) is 0.847. The first kappa shape index (κ1) is 13.4. The lowest BCUT2D eigenvalue weighted by Gasteiger charge is -2.12. The van der Waals surface area contributed by atoms with Crippen LogP contribution in [0.25, 0.3) is 5.70 Å². The fraction of sp³-hybridized carbons (Fsp3) is 0.167. The molecule has 3 nitrogen and oxygen atoms in total. The molecule has 1 aliphatic carbocycles. The fourth-order valence-corrected chi connectivity index (χ4v) is 2.66. The number of hydrazine groups is 1. The Morgan fingerprint density at radius 1 is 1.10 bits per heavy atom. The molecule has 1 aliphatic rings. The number of amides is 1. The lowest BCUT2D eigenvalue weighted by Crippen LogP contribution is -2.36. The molecular weight excluding hydrogens is 260 g/mol. The molecule has 3 heteroatoms. The van der Waals surface area contributed by atoms with E-state index in [9.17, 15) is 4.79 Å². The molecule has 0 unspecified atom stereocenters. The number of benzene rings is 2. The van der Waals surface area contributed by atoms with E-state index in [1.807, 2.05) is 44.2 Å². The van der Waals surface area contributed by atoms with Gasteiger partial charge in [-0.1, -0.05) is 48.0 Å². The van der Waals surface area contributed by atoms with E-state index in [2.05, 4.69) is 29.1 Å². The van der Waals surface area contributed by atoms with E-state index >= 15 is 0 Å². The van der Waals surface area contributed by atoms with Gasteiger partial charge in [0.2, 0.25) is 0 Å². The third-order valence-electron chi connectivity index (χ3n) is 3.77. The summed E-state index contributed by atoms with van der Waals surface area (Å²) in [7, 11) is 0. The van der Waals surface area contributed by atoms with Crippen LogP contribution in [0.4, 0.5) is 0 Å². The lowest BCUT2D eigenvalue weighted by molar-refractivity contribution is 0.0942. The molecule has 0 heterocycles. The minimum atomic E-state index is -0.113. The zero-order chi connectivity index (χ0) is 14.8. The molecule has 0 atom stereocenters. The number of hydrogen-bond acceptors (Lipinski definition) is 2. The molecule has 21 heavy (non-hydrogen) atoms. The highest BCUT2D eigenvalue weighted by Gasteiger charge is 2.14.